The van der Waals surface area contributed by atoms with E-state index in [9.17, 15) is 22.8 Å². The summed E-state index contributed by atoms with van der Waals surface area (Å²) in [4.78, 5) is 25.9. The summed E-state index contributed by atoms with van der Waals surface area (Å²) < 4.78 is 40.4. The maximum Gasteiger partial charge on any atom is 0.573 e. The van der Waals surface area contributed by atoms with E-state index in [1.165, 1.54) is 24.0 Å². The van der Waals surface area contributed by atoms with Gasteiger partial charge < -0.3 is 15.0 Å². The zero-order chi connectivity index (χ0) is 20.3. The lowest BCUT2D eigenvalue weighted by Gasteiger charge is -2.32. The molecular formula is C20H17F3N2O3. The minimum atomic E-state index is -4.77. The number of alkyl halides is 3. The fraction of sp³-hybridized carbons (Fsp3) is 0.200. The molecular weight excluding hydrogens is 373 g/mol. The Morgan fingerprint density at radius 3 is 2.43 bits per heavy atom. The van der Waals surface area contributed by atoms with Crippen LogP contribution in [-0.4, -0.2) is 23.1 Å². The number of carbonyl (C=O) groups is 2. The third kappa shape index (κ3) is 4.70. The number of nitrogens with zero attached hydrogens (tertiary/aromatic N) is 1. The second-order valence-electron chi connectivity index (χ2n) is 6.21. The summed E-state index contributed by atoms with van der Waals surface area (Å²) in [5.74, 6) is -0.942. The van der Waals surface area contributed by atoms with Gasteiger partial charge in [0.1, 0.15) is 5.75 Å². The Labute approximate surface area is 159 Å². The summed E-state index contributed by atoms with van der Waals surface area (Å²) in [7, 11) is 0. The van der Waals surface area contributed by atoms with Crippen molar-refractivity contribution in [2.75, 3.05) is 5.32 Å². The van der Waals surface area contributed by atoms with Gasteiger partial charge in [0.15, 0.2) is 0 Å². The standard InChI is InChI=1S/C20H17F3N2O3/c1-13(26)25-11-10-14-4-2-3-5-17(14)18(25)12-19(27)24-15-6-8-16(9-7-15)28-20(21,22)23/h2-11,18H,12H2,1H3,(H,24,27)/t18-/m0/s1. The molecule has 5 nitrogen and oxygen atoms in total. The Kier molecular flexibility index (Phi) is 5.39. The topological polar surface area (TPSA) is 58.6 Å². The van der Waals surface area contributed by atoms with E-state index in [0.29, 0.717) is 5.69 Å². The zero-order valence-corrected chi connectivity index (χ0v) is 14.9. The number of anilines is 1. The summed E-state index contributed by atoms with van der Waals surface area (Å²) in [6.07, 6.45) is -1.32. The number of hydrogen-bond donors (Lipinski definition) is 1. The summed E-state index contributed by atoms with van der Waals surface area (Å²) in [6.45, 7) is 1.42. The lowest BCUT2D eigenvalue weighted by molar-refractivity contribution is -0.274. The van der Waals surface area contributed by atoms with Crippen LogP contribution in [0.25, 0.3) is 6.08 Å². The molecule has 28 heavy (non-hydrogen) atoms. The van der Waals surface area contributed by atoms with E-state index in [2.05, 4.69) is 10.1 Å². The summed E-state index contributed by atoms with van der Waals surface area (Å²) in [6, 6.07) is 11.9. The highest BCUT2D eigenvalue weighted by molar-refractivity contribution is 5.92. The van der Waals surface area contributed by atoms with Crippen LogP contribution in [0.15, 0.2) is 54.7 Å². The van der Waals surface area contributed by atoms with Gasteiger partial charge in [-0.1, -0.05) is 24.3 Å². The second-order valence-corrected chi connectivity index (χ2v) is 6.21. The van der Waals surface area contributed by atoms with Crippen molar-refractivity contribution in [1.82, 2.24) is 4.90 Å². The van der Waals surface area contributed by atoms with E-state index in [4.69, 9.17) is 0 Å². The van der Waals surface area contributed by atoms with Crippen molar-refractivity contribution in [1.29, 1.82) is 0 Å². The summed E-state index contributed by atoms with van der Waals surface area (Å²) in [5, 5.41) is 2.63. The first-order chi connectivity index (χ1) is 13.2. The Balaban J connectivity index is 1.71. The van der Waals surface area contributed by atoms with E-state index in [1.54, 1.807) is 6.20 Å². The molecule has 0 saturated heterocycles. The molecule has 0 radical (unpaired) electrons. The van der Waals surface area contributed by atoms with Gasteiger partial charge in [0.25, 0.3) is 0 Å². The highest BCUT2D eigenvalue weighted by atomic mass is 19.4. The summed E-state index contributed by atoms with van der Waals surface area (Å²) >= 11 is 0. The number of ether oxygens (including phenoxy) is 1. The molecule has 0 bridgehead atoms. The molecule has 0 aliphatic carbocycles. The highest BCUT2D eigenvalue weighted by Gasteiger charge is 2.31. The molecule has 2 amide bonds. The summed E-state index contributed by atoms with van der Waals surface area (Å²) in [5.41, 5.74) is 2.10. The van der Waals surface area contributed by atoms with Crippen molar-refractivity contribution in [2.24, 2.45) is 0 Å². The Hall–Kier alpha value is -3.29. The number of halogens is 3. The number of benzene rings is 2. The first-order valence-electron chi connectivity index (χ1n) is 8.44. The van der Waals surface area contributed by atoms with Crippen LogP contribution in [0.2, 0.25) is 0 Å². The molecule has 3 rings (SSSR count). The van der Waals surface area contributed by atoms with Crippen LogP contribution in [0.1, 0.15) is 30.5 Å². The van der Waals surface area contributed by atoms with Gasteiger partial charge in [-0.2, -0.15) is 0 Å². The molecule has 0 spiro atoms. The van der Waals surface area contributed by atoms with Crippen LogP contribution in [0.3, 0.4) is 0 Å². The van der Waals surface area contributed by atoms with Crippen molar-refractivity contribution < 1.29 is 27.5 Å². The average molecular weight is 390 g/mol. The molecule has 2 aromatic carbocycles. The number of fused-ring (bicyclic) bond motifs is 1. The fourth-order valence-electron chi connectivity index (χ4n) is 3.04. The van der Waals surface area contributed by atoms with Crippen LogP contribution >= 0.6 is 0 Å². The monoisotopic (exact) mass is 390 g/mol. The molecule has 0 fully saturated rings. The lowest BCUT2D eigenvalue weighted by atomic mass is 9.93. The van der Waals surface area contributed by atoms with Gasteiger partial charge in [-0.3, -0.25) is 9.59 Å². The van der Waals surface area contributed by atoms with E-state index < -0.39 is 12.4 Å². The minimum absolute atomic E-state index is 0.00172. The van der Waals surface area contributed by atoms with Crippen molar-refractivity contribution in [3.8, 4) is 5.75 Å². The molecule has 8 heteroatoms. The van der Waals surface area contributed by atoms with Crippen molar-refractivity contribution in [3.05, 3.63) is 65.9 Å². The molecule has 1 aliphatic heterocycles. The second kappa shape index (κ2) is 7.75. The van der Waals surface area contributed by atoms with Gasteiger partial charge >= 0.3 is 6.36 Å². The normalized spacial score (nSPS) is 15.7. The molecule has 2 aromatic rings. The number of nitrogens with one attached hydrogen (secondary N) is 1. The van der Waals surface area contributed by atoms with Gasteiger partial charge in [-0.25, -0.2) is 0 Å². The van der Waals surface area contributed by atoms with Crippen molar-refractivity contribution in [3.63, 3.8) is 0 Å². The molecule has 0 saturated carbocycles. The van der Waals surface area contributed by atoms with Crippen LogP contribution in [-0.2, 0) is 9.59 Å². The minimum Gasteiger partial charge on any atom is -0.406 e. The van der Waals surface area contributed by atoms with Crippen LogP contribution in [0.4, 0.5) is 18.9 Å². The number of hydrogen-bond acceptors (Lipinski definition) is 3. The van der Waals surface area contributed by atoms with Crippen molar-refractivity contribution in [2.45, 2.75) is 25.7 Å². The maximum atomic E-state index is 12.5. The largest absolute Gasteiger partial charge is 0.573 e. The van der Waals surface area contributed by atoms with Gasteiger partial charge in [0.05, 0.1) is 12.5 Å². The van der Waals surface area contributed by atoms with E-state index >= 15 is 0 Å². The van der Waals surface area contributed by atoms with Crippen LogP contribution in [0, 0.1) is 0 Å². The van der Waals surface area contributed by atoms with Gasteiger partial charge in [0, 0.05) is 18.8 Å². The van der Waals surface area contributed by atoms with Gasteiger partial charge in [-0.15, -0.1) is 13.2 Å². The quantitative estimate of drug-likeness (QED) is 0.837. The molecule has 146 valence electrons. The third-order valence-electron chi connectivity index (χ3n) is 4.22. The van der Waals surface area contributed by atoms with Crippen LogP contribution < -0.4 is 10.1 Å². The Bertz CT molecular complexity index is 908. The SMILES string of the molecule is CC(=O)N1C=Cc2ccccc2[C@@H]1CC(=O)Nc1ccc(OC(F)(F)F)cc1. The highest BCUT2D eigenvalue weighted by Crippen LogP contribution is 2.33. The number of carbonyl (C=O) groups excluding carboxylic acids is 2. The van der Waals surface area contributed by atoms with Crippen molar-refractivity contribution >= 4 is 23.6 Å². The zero-order valence-electron chi connectivity index (χ0n) is 14.9. The number of amides is 2. The van der Waals surface area contributed by atoms with Gasteiger partial charge in [0.2, 0.25) is 11.8 Å². The molecule has 1 aliphatic rings. The Morgan fingerprint density at radius 1 is 1.11 bits per heavy atom. The molecule has 1 atom stereocenters. The first kappa shape index (κ1) is 19.5. The van der Waals surface area contributed by atoms with E-state index in [0.717, 1.165) is 23.3 Å². The van der Waals surface area contributed by atoms with E-state index in [1.807, 2.05) is 30.3 Å². The third-order valence-corrected chi connectivity index (χ3v) is 4.22. The maximum absolute atomic E-state index is 12.5. The lowest BCUT2D eigenvalue weighted by Crippen LogP contribution is -2.33. The molecule has 1 heterocycles. The predicted molar refractivity (Wildman–Crippen MR) is 97.1 cm³/mol. The number of rotatable bonds is 4. The average Bonchev–Trinajstić information content (AvgIpc) is 2.62. The molecule has 0 aromatic heterocycles. The molecule has 1 N–H and O–H groups in total. The van der Waals surface area contributed by atoms with E-state index in [-0.39, 0.29) is 24.0 Å². The van der Waals surface area contributed by atoms with Gasteiger partial charge in [-0.05, 0) is 41.5 Å². The molecule has 0 unspecified atom stereocenters. The first-order valence-corrected chi connectivity index (χ1v) is 8.44. The Morgan fingerprint density at radius 2 is 1.79 bits per heavy atom. The fourth-order valence-corrected chi connectivity index (χ4v) is 3.04. The predicted octanol–water partition coefficient (Wildman–Crippen LogP) is 4.49. The smallest absolute Gasteiger partial charge is 0.406 e. The van der Waals surface area contributed by atoms with Crippen LogP contribution in [0.5, 0.6) is 5.75 Å².